The van der Waals surface area contributed by atoms with E-state index in [0.717, 1.165) is 53.7 Å². The number of anilines is 3. The van der Waals surface area contributed by atoms with Crippen molar-refractivity contribution in [2.75, 3.05) is 28.2 Å². The lowest BCUT2D eigenvalue weighted by Crippen LogP contribution is -2.48. The van der Waals surface area contributed by atoms with Crippen LogP contribution in [0.15, 0.2) is 53.1 Å². The number of rotatable bonds is 2. The van der Waals surface area contributed by atoms with Crippen LogP contribution >= 0.6 is 15.9 Å². The molecule has 0 aliphatic carbocycles. The molecule has 2 aliphatic heterocycles. The predicted octanol–water partition coefficient (Wildman–Crippen LogP) is 5.15. The van der Waals surface area contributed by atoms with Crippen molar-refractivity contribution in [2.45, 2.75) is 26.3 Å². The Kier molecular flexibility index (Phi) is 4.70. The molecule has 2 aromatic heterocycles. The van der Waals surface area contributed by atoms with E-state index in [1.807, 2.05) is 36.1 Å². The maximum Gasteiger partial charge on any atom is 0.327 e. The zero-order chi connectivity index (χ0) is 20.8. The van der Waals surface area contributed by atoms with Crippen molar-refractivity contribution in [2.24, 2.45) is 0 Å². The van der Waals surface area contributed by atoms with Gasteiger partial charge in [0.2, 0.25) is 0 Å². The molecule has 5 rings (SSSR count). The molecule has 30 heavy (non-hydrogen) atoms. The van der Waals surface area contributed by atoms with Gasteiger partial charge in [0.1, 0.15) is 4.60 Å². The Morgan fingerprint density at radius 3 is 2.80 bits per heavy atom. The molecule has 152 valence electrons. The Morgan fingerprint density at radius 2 is 2.00 bits per heavy atom. The highest BCUT2D eigenvalue weighted by Gasteiger charge is 2.40. The van der Waals surface area contributed by atoms with E-state index in [1.165, 1.54) is 5.56 Å². The number of carbonyl (C=O) groups excluding carboxylic acids is 1. The minimum absolute atomic E-state index is 0.115. The number of aromatic nitrogens is 2. The largest absolute Gasteiger partial charge is 0.366 e. The highest BCUT2D eigenvalue weighted by molar-refractivity contribution is 9.10. The average molecular weight is 464 g/mol. The van der Waals surface area contributed by atoms with Gasteiger partial charge in [-0.15, -0.1) is 0 Å². The van der Waals surface area contributed by atoms with Crippen LogP contribution in [0.3, 0.4) is 0 Å². The van der Waals surface area contributed by atoms with Crippen LogP contribution in [0.4, 0.5) is 22.0 Å². The third-order valence-corrected chi connectivity index (χ3v) is 6.06. The summed E-state index contributed by atoms with van der Waals surface area (Å²) in [4.78, 5) is 26.8. The molecule has 3 aromatic rings. The summed E-state index contributed by atoms with van der Waals surface area (Å²) in [5, 5.41) is 3.04. The van der Waals surface area contributed by atoms with E-state index >= 15 is 0 Å². The quantitative estimate of drug-likeness (QED) is 0.533. The van der Waals surface area contributed by atoms with Gasteiger partial charge in [0.25, 0.3) is 0 Å². The van der Waals surface area contributed by atoms with Crippen molar-refractivity contribution in [1.82, 2.24) is 9.97 Å². The van der Waals surface area contributed by atoms with Gasteiger partial charge >= 0.3 is 6.03 Å². The van der Waals surface area contributed by atoms with Gasteiger partial charge in [-0.2, -0.15) is 0 Å². The molecule has 1 N–H and O–H groups in total. The van der Waals surface area contributed by atoms with Crippen molar-refractivity contribution in [3.8, 4) is 11.3 Å². The minimum atomic E-state index is -0.158. The zero-order valence-corrected chi connectivity index (χ0v) is 18.5. The van der Waals surface area contributed by atoms with Crippen LogP contribution in [-0.4, -0.2) is 35.1 Å². The lowest BCUT2D eigenvalue weighted by atomic mass is 10.1. The number of amides is 2. The summed E-state index contributed by atoms with van der Waals surface area (Å²) < 4.78 is 0.698. The molecule has 1 atom stereocenters. The fourth-order valence-corrected chi connectivity index (χ4v) is 4.85. The fraction of sp³-hybridized carbons (Fsp3) is 0.261. The molecule has 0 unspecified atom stereocenters. The summed E-state index contributed by atoms with van der Waals surface area (Å²) >= 11 is 3.40. The molecule has 1 fully saturated rings. The zero-order valence-electron chi connectivity index (χ0n) is 16.9. The second-order valence-electron chi connectivity index (χ2n) is 7.92. The molecule has 4 heterocycles. The van der Waals surface area contributed by atoms with Gasteiger partial charge in [-0.05, 0) is 66.5 Å². The van der Waals surface area contributed by atoms with Crippen molar-refractivity contribution < 1.29 is 4.79 Å². The van der Waals surface area contributed by atoms with Gasteiger partial charge in [0.15, 0.2) is 5.82 Å². The first kappa shape index (κ1) is 19.1. The number of urea groups is 1. The number of fused-ring (bicyclic) bond motifs is 4. The second kappa shape index (κ2) is 7.40. The molecule has 2 bridgehead atoms. The maximum atomic E-state index is 13.4. The summed E-state index contributed by atoms with van der Waals surface area (Å²) in [5.74, 6) is 0.727. The van der Waals surface area contributed by atoms with Gasteiger partial charge < -0.3 is 10.2 Å². The van der Waals surface area contributed by atoms with Gasteiger partial charge in [0.05, 0.1) is 17.4 Å². The topological polar surface area (TPSA) is 61.4 Å². The van der Waals surface area contributed by atoms with Crippen LogP contribution in [-0.2, 0) is 0 Å². The first-order valence-corrected chi connectivity index (χ1v) is 10.8. The van der Waals surface area contributed by atoms with Crippen molar-refractivity contribution in [1.29, 1.82) is 0 Å². The molecule has 0 radical (unpaired) electrons. The number of hydrogen-bond donors (Lipinski definition) is 1. The van der Waals surface area contributed by atoms with E-state index in [0.29, 0.717) is 4.60 Å². The number of nitrogens with one attached hydrogen (secondary N) is 1. The number of pyridine rings is 2. The number of nitrogens with zero attached hydrogens (tertiary/aromatic N) is 4. The first-order chi connectivity index (χ1) is 14.5. The smallest absolute Gasteiger partial charge is 0.327 e. The third-order valence-electron chi connectivity index (χ3n) is 5.66. The number of benzene rings is 1. The van der Waals surface area contributed by atoms with Gasteiger partial charge in [0, 0.05) is 30.0 Å². The van der Waals surface area contributed by atoms with Crippen LogP contribution in [0.2, 0.25) is 0 Å². The molecule has 2 amide bonds. The molecular formula is C23H22BrN5O. The predicted molar refractivity (Wildman–Crippen MR) is 123 cm³/mol. The van der Waals surface area contributed by atoms with Gasteiger partial charge in [-0.3, -0.25) is 4.90 Å². The van der Waals surface area contributed by atoms with Crippen molar-refractivity contribution in [3.05, 3.63) is 64.4 Å². The van der Waals surface area contributed by atoms with Crippen LogP contribution in [0, 0.1) is 13.8 Å². The standard InChI is InChI=1S/C23H22BrN5O/c1-14-4-3-5-16(10-14)19-6-7-20-22(27-19)29(18-8-9-28(20)13-18)23(30)26-17-11-15(2)25-21(24)12-17/h3-7,10-12,18H,8-9,13H2,1-2H3,(H,25,26,30)/t18-/m0/s1. The Bertz CT molecular complexity index is 1130. The molecule has 6 nitrogen and oxygen atoms in total. The monoisotopic (exact) mass is 463 g/mol. The lowest BCUT2D eigenvalue weighted by Gasteiger charge is -2.36. The van der Waals surface area contributed by atoms with E-state index < -0.39 is 0 Å². The van der Waals surface area contributed by atoms with Gasteiger partial charge in [-0.1, -0.05) is 23.8 Å². The summed E-state index contributed by atoms with van der Waals surface area (Å²) in [6.45, 7) is 5.75. The van der Waals surface area contributed by atoms with E-state index in [4.69, 9.17) is 4.98 Å². The van der Waals surface area contributed by atoms with Crippen molar-refractivity contribution >= 4 is 39.2 Å². The number of halogens is 1. The molecule has 0 saturated carbocycles. The summed E-state index contributed by atoms with van der Waals surface area (Å²) in [7, 11) is 0. The minimum Gasteiger partial charge on any atom is -0.366 e. The Hall–Kier alpha value is -2.93. The van der Waals surface area contributed by atoms with Crippen molar-refractivity contribution in [3.63, 3.8) is 0 Å². The van der Waals surface area contributed by atoms with E-state index in [1.54, 1.807) is 0 Å². The first-order valence-electron chi connectivity index (χ1n) is 10.1. The third kappa shape index (κ3) is 3.43. The Balaban J connectivity index is 1.53. The molecule has 2 aliphatic rings. The molecule has 1 saturated heterocycles. The van der Waals surface area contributed by atoms with Crippen LogP contribution < -0.4 is 15.1 Å². The maximum absolute atomic E-state index is 13.4. The van der Waals surface area contributed by atoms with E-state index in [2.05, 4.69) is 62.3 Å². The molecule has 7 heteroatoms. The van der Waals surface area contributed by atoms with Crippen LogP contribution in [0.25, 0.3) is 11.3 Å². The number of hydrogen-bond acceptors (Lipinski definition) is 4. The van der Waals surface area contributed by atoms with Crippen LogP contribution in [0.5, 0.6) is 0 Å². The number of aryl methyl sites for hydroxylation is 2. The van der Waals surface area contributed by atoms with E-state index in [9.17, 15) is 4.79 Å². The average Bonchev–Trinajstić information content (AvgIpc) is 3.11. The highest BCUT2D eigenvalue weighted by atomic mass is 79.9. The second-order valence-corrected chi connectivity index (χ2v) is 8.73. The molecule has 1 aromatic carbocycles. The molecular weight excluding hydrogens is 442 g/mol. The Labute approximate surface area is 184 Å². The SMILES string of the molecule is Cc1cccc(-c2ccc3c(n2)N(C(=O)Nc2cc(C)nc(Br)c2)[C@H]2CCN3C2)c1. The Morgan fingerprint density at radius 1 is 1.13 bits per heavy atom. The highest BCUT2D eigenvalue weighted by Crippen LogP contribution is 2.40. The lowest BCUT2D eigenvalue weighted by molar-refractivity contribution is 0.255. The fourth-order valence-electron chi connectivity index (χ4n) is 4.32. The normalized spacial score (nSPS) is 17.1. The number of carbonyl (C=O) groups is 1. The van der Waals surface area contributed by atoms with Crippen LogP contribution in [0.1, 0.15) is 17.7 Å². The summed E-state index contributed by atoms with van der Waals surface area (Å²) in [5.41, 5.74) is 5.69. The summed E-state index contributed by atoms with van der Waals surface area (Å²) in [6, 6.07) is 16.1. The van der Waals surface area contributed by atoms with Gasteiger partial charge in [-0.25, -0.2) is 14.8 Å². The summed E-state index contributed by atoms with van der Waals surface area (Å²) in [6.07, 6.45) is 0.933. The molecule has 0 spiro atoms. The van der Waals surface area contributed by atoms with E-state index in [-0.39, 0.29) is 12.1 Å².